The van der Waals surface area contributed by atoms with Crippen molar-refractivity contribution in [3.05, 3.63) is 65.5 Å². The number of benzene rings is 2. The fraction of sp³-hybridized carbons (Fsp3) is 0.514. The van der Waals surface area contributed by atoms with Gasteiger partial charge in [0.05, 0.1) is 24.0 Å². The van der Waals surface area contributed by atoms with Crippen LogP contribution in [0.4, 0.5) is 21.2 Å². The van der Waals surface area contributed by atoms with Gasteiger partial charge < -0.3 is 28.7 Å². The molecule has 4 aliphatic heterocycles. The molecule has 4 atom stereocenters. The molecule has 3 amide bonds. The lowest BCUT2D eigenvalue weighted by atomic mass is 9.82. The predicted octanol–water partition coefficient (Wildman–Crippen LogP) is 4.48. The first-order chi connectivity index (χ1) is 23.0. The number of aliphatic hydroxyl groups is 1. The number of carbonyl (C=O) groups is 3. The van der Waals surface area contributed by atoms with Gasteiger partial charge in [0.25, 0.3) is 5.91 Å². The summed E-state index contributed by atoms with van der Waals surface area (Å²) in [4.78, 5) is 45.3. The van der Waals surface area contributed by atoms with E-state index in [4.69, 9.17) is 4.74 Å². The maximum absolute atomic E-state index is 16.4. The zero-order valence-electron chi connectivity index (χ0n) is 27.8. The topological polar surface area (TPSA) is 121 Å². The van der Waals surface area contributed by atoms with Crippen molar-refractivity contribution in [2.24, 2.45) is 5.92 Å². The number of aromatic nitrogens is 3. The summed E-state index contributed by atoms with van der Waals surface area (Å²) in [6.07, 6.45) is 4.70. The maximum Gasteiger partial charge on any atom is 0.264 e. The summed E-state index contributed by atoms with van der Waals surface area (Å²) in [7, 11) is -3.38. The van der Waals surface area contributed by atoms with Gasteiger partial charge in [-0.25, -0.2) is 0 Å². The number of amides is 3. The fourth-order valence-corrected chi connectivity index (χ4v) is 10.9. The van der Waals surface area contributed by atoms with Crippen LogP contribution in [-0.2, 0) is 44.2 Å². The summed E-state index contributed by atoms with van der Waals surface area (Å²) in [5, 5.41) is 17.6. The number of rotatable bonds is 10. The van der Waals surface area contributed by atoms with Crippen molar-refractivity contribution in [3.63, 3.8) is 0 Å². The van der Waals surface area contributed by atoms with Crippen molar-refractivity contribution in [2.75, 3.05) is 34.4 Å². The zero-order chi connectivity index (χ0) is 33.8. The number of fused-ring (bicyclic) bond motifs is 2. The molecule has 5 heterocycles. The van der Waals surface area contributed by atoms with Crippen molar-refractivity contribution in [1.29, 1.82) is 0 Å². The highest BCUT2D eigenvalue weighted by Gasteiger charge is 2.66. The fourth-order valence-electron chi connectivity index (χ4n) is 8.37. The van der Waals surface area contributed by atoms with E-state index in [1.165, 1.54) is 0 Å². The van der Waals surface area contributed by atoms with E-state index in [1.54, 1.807) is 38.7 Å². The quantitative estimate of drug-likeness (QED) is 0.249. The average molecular weight is 675 g/mol. The van der Waals surface area contributed by atoms with Gasteiger partial charge in [0.15, 0.2) is 5.60 Å². The Labute approximate surface area is 280 Å². The molecule has 11 nitrogen and oxygen atoms in total. The van der Waals surface area contributed by atoms with E-state index < -0.39 is 31.6 Å². The first-order valence-electron chi connectivity index (χ1n) is 17.0. The summed E-state index contributed by atoms with van der Waals surface area (Å²) in [5.74, 6) is -0.543. The number of hydrogen-bond donors (Lipinski definition) is 1. The van der Waals surface area contributed by atoms with E-state index >= 15 is 4.11 Å². The number of aliphatic hydroxyl groups excluding tert-OH is 1. The third-order valence-corrected chi connectivity index (χ3v) is 13.0. The minimum Gasteiger partial charge on any atom is -0.396 e. The molecule has 3 aromatic rings. The van der Waals surface area contributed by atoms with Crippen LogP contribution in [0.3, 0.4) is 0 Å². The molecule has 1 N–H and O–H groups in total. The Bertz CT molecular complexity index is 1730. The van der Waals surface area contributed by atoms with Crippen LogP contribution in [0.25, 0.3) is 0 Å². The Morgan fingerprint density at radius 1 is 1.00 bits per heavy atom. The molecule has 48 heavy (non-hydrogen) atoms. The lowest BCUT2D eigenvalue weighted by Gasteiger charge is -2.31. The molecule has 0 saturated carbocycles. The molecular weight excluding hydrogens is 632 g/mol. The van der Waals surface area contributed by atoms with Crippen LogP contribution < -0.4 is 14.7 Å². The molecule has 2 aromatic carbocycles. The Hall–Kier alpha value is -3.94. The third kappa shape index (κ3) is 5.55. The van der Waals surface area contributed by atoms with E-state index in [-0.39, 0.29) is 30.9 Å². The highest BCUT2D eigenvalue weighted by molar-refractivity contribution is 6.72. The molecule has 0 bridgehead atoms. The van der Waals surface area contributed by atoms with Crippen molar-refractivity contribution in [3.8, 4) is 0 Å². The second-order valence-corrected chi connectivity index (χ2v) is 17.9. The largest absolute Gasteiger partial charge is 0.396 e. The van der Waals surface area contributed by atoms with Crippen molar-refractivity contribution in [2.45, 2.75) is 88.9 Å². The summed E-state index contributed by atoms with van der Waals surface area (Å²) < 4.78 is 25.0. The molecule has 7 rings (SSSR count). The minimum absolute atomic E-state index is 0.0283. The normalized spacial score (nSPS) is 25.7. The van der Waals surface area contributed by atoms with Gasteiger partial charge in [0.1, 0.15) is 0 Å². The number of hydrogen-bond acceptors (Lipinski definition) is 7. The Morgan fingerprint density at radius 2 is 1.67 bits per heavy atom. The van der Waals surface area contributed by atoms with Crippen molar-refractivity contribution >= 4 is 43.2 Å². The number of halogens is 1. The van der Waals surface area contributed by atoms with E-state index in [9.17, 15) is 19.5 Å². The van der Waals surface area contributed by atoms with Crippen LogP contribution in [0.15, 0.2) is 48.7 Å². The molecule has 3 fully saturated rings. The zero-order valence-corrected chi connectivity index (χ0v) is 28.8. The second kappa shape index (κ2) is 12.5. The number of anilines is 3. The maximum atomic E-state index is 16.4. The van der Waals surface area contributed by atoms with Gasteiger partial charge in [0.2, 0.25) is 20.2 Å². The Morgan fingerprint density at radius 3 is 2.29 bits per heavy atom. The molecule has 1 aromatic heterocycles. The predicted molar refractivity (Wildman–Crippen MR) is 181 cm³/mol. The second-order valence-electron chi connectivity index (χ2n) is 14.1. The highest BCUT2D eigenvalue weighted by atomic mass is 28.4. The summed E-state index contributed by atoms with van der Waals surface area (Å²) in [5.41, 5.74) is 2.59. The first-order valence-corrected chi connectivity index (χ1v) is 20.0. The summed E-state index contributed by atoms with van der Waals surface area (Å²) in [6, 6.07) is 13.4. The van der Waals surface area contributed by atoms with Crippen molar-refractivity contribution < 1.29 is 28.3 Å². The van der Waals surface area contributed by atoms with Crippen molar-refractivity contribution in [1.82, 2.24) is 15.0 Å². The number of ether oxygens (including phenoxy) is 1. The monoisotopic (exact) mass is 674 g/mol. The molecular formula is C35H43FN6O5Si. The van der Waals surface area contributed by atoms with Gasteiger partial charge in [-0.3, -0.25) is 19.1 Å². The molecule has 0 unspecified atom stereocenters. The Balaban J connectivity index is 1.24. The lowest BCUT2D eigenvalue weighted by Crippen LogP contribution is -2.45. The van der Waals surface area contributed by atoms with Crippen LogP contribution in [-0.4, -0.2) is 72.0 Å². The molecule has 0 radical (unpaired) electrons. The van der Waals surface area contributed by atoms with Crippen LogP contribution >= 0.6 is 0 Å². The van der Waals surface area contributed by atoms with Gasteiger partial charge in [-0.2, -0.15) is 0 Å². The van der Waals surface area contributed by atoms with Crippen LogP contribution in [0.5, 0.6) is 0 Å². The van der Waals surface area contributed by atoms with E-state index in [0.29, 0.717) is 62.3 Å². The molecule has 13 heteroatoms. The third-order valence-electron chi connectivity index (χ3n) is 10.6. The van der Waals surface area contributed by atoms with Gasteiger partial charge in [-0.1, -0.05) is 24.3 Å². The van der Waals surface area contributed by atoms with Crippen LogP contribution in [0.2, 0.25) is 18.6 Å². The van der Waals surface area contributed by atoms with E-state index in [0.717, 1.165) is 29.8 Å². The number of carbonyl (C=O) groups excluding carboxylic acids is 3. The number of aryl methyl sites for hydroxylation is 1. The lowest BCUT2D eigenvalue weighted by molar-refractivity contribution is -0.146. The molecule has 0 aliphatic carbocycles. The van der Waals surface area contributed by atoms with E-state index in [2.05, 4.69) is 10.3 Å². The van der Waals surface area contributed by atoms with Gasteiger partial charge in [0, 0.05) is 80.1 Å². The average Bonchev–Trinajstić information content (AvgIpc) is 3.88. The van der Waals surface area contributed by atoms with Gasteiger partial charge >= 0.3 is 0 Å². The molecule has 3 saturated heterocycles. The number of nitrogens with zero attached hydrogens (tertiary/aromatic N) is 6. The highest BCUT2D eigenvalue weighted by Crippen LogP contribution is 2.60. The van der Waals surface area contributed by atoms with Gasteiger partial charge in [-0.05, 0) is 68.3 Å². The molecule has 1 spiro atoms. The van der Waals surface area contributed by atoms with Gasteiger partial charge in [-0.15, -0.1) is 5.10 Å². The Kier molecular flexibility index (Phi) is 8.49. The molecule has 4 aliphatic rings. The smallest absolute Gasteiger partial charge is 0.264 e. The first kappa shape index (κ1) is 32.6. The van der Waals surface area contributed by atoms with Crippen LogP contribution in [0.1, 0.15) is 55.8 Å². The molecule has 254 valence electrons. The van der Waals surface area contributed by atoms with E-state index in [1.807, 2.05) is 49.4 Å². The SMILES string of the molecule is C[C@H]1[C@H]([Si](C)(C)F)[C@@H](CCn2cc(CCO)nn2)O[C@]12C(=O)N(Cc1ccc(N3CCCC3=O)cc1)c1ccc(N3CCCC3=O)cc12. The standard InChI is InChI=1S/C35H43FN6O5Si/c1-23-33(48(2,3)36)30(14-18-39-22-25(15-19-43)37-38-39)47-35(23)28-20-27(41-17-5-7-32(41)45)12-13-29(28)42(34(35)46)21-24-8-10-26(11-9-24)40-16-4-6-31(40)44/h8-13,20,22-23,30,33,43H,4-7,14-19,21H2,1-3H3/t23-,30+,33-,35+/m0/s1. The summed E-state index contributed by atoms with van der Waals surface area (Å²) >= 11 is 0. The minimum atomic E-state index is -3.38. The van der Waals surface area contributed by atoms with Crippen LogP contribution in [0, 0.1) is 5.92 Å². The summed E-state index contributed by atoms with van der Waals surface area (Å²) in [6.45, 7) is 7.28.